The molecule has 7 heteroatoms. The topological polar surface area (TPSA) is 69.4 Å². The number of carbonyl (C=O) groups excluding carboxylic acids is 1. The van der Waals surface area contributed by atoms with E-state index in [-0.39, 0.29) is 18.0 Å². The second-order valence-corrected chi connectivity index (χ2v) is 7.64. The number of ether oxygens (including phenoxy) is 1. The second-order valence-electron chi connectivity index (χ2n) is 6.02. The molecule has 3 atom stereocenters. The van der Waals surface area contributed by atoms with E-state index in [0.717, 1.165) is 16.0 Å². The van der Waals surface area contributed by atoms with Crippen molar-refractivity contribution in [2.75, 3.05) is 6.61 Å². The molecule has 136 valence electrons. The van der Waals surface area contributed by atoms with Gasteiger partial charge in [-0.25, -0.2) is 0 Å². The van der Waals surface area contributed by atoms with E-state index < -0.39 is 23.2 Å². The first-order valence-corrected chi connectivity index (χ1v) is 9.57. The van der Waals surface area contributed by atoms with Crippen molar-refractivity contribution >= 4 is 29.3 Å². The number of rotatable bonds is 5. The van der Waals surface area contributed by atoms with Crippen LogP contribution in [0.1, 0.15) is 35.6 Å². The molecule has 5 nitrogen and oxygen atoms in total. The Labute approximate surface area is 160 Å². The molecule has 3 rings (SSSR count). The van der Waals surface area contributed by atoms with Crippen molar-refractivity contribution in [1.29, 1.82) is 0 Å². The number of thioether (sulfide) groups is 1. The summed E-state index contributed by atoms with van der Waals surface area (Å²) in [5.41, 5.74) is 1.65. The van der Waals surface area contributed by atoms with Gasteiger partial charge in [-0.2, -0.15) is 0 Å². The Kier molecular flexibility index (Phi) is 5.84. The molecule has 0 radical (unpaired) electrons. The van der Waals surface area contributed by atoms with Crippen molar-refractivity contribution < 1.29 is 14.5 Å². The smallest absolute Gasteiger partial charge is 0.306 e. The molecule has 0 bridgehead atoms. The number of halogens is 1. The highest BCUT2D eigenvalue weighted by molar-refractivity contribution is 7.99. The molecule has 1 aliphatic rings. The van der Waals surface area contributed by atoms with Crippen molar-refractivity contribution in [2.24, 2.45) is 0 Å². The molecule has 2 aromatic rings. The first-order chi connectivity index (χ1) is 12.5. The van der Waals surface area contributed by atoms with Crippen LogP contribution < -0.4 is 0 Å². The van der Waals surface area contributed by atoms with Crippen LogP contribution in [0.25, 0.3) is 0 Å². The maximum absolute atomic E-state index is 12.1. The van der Waals surface area contributed by atoms with Gasteiger partial charge in [-0.1, -0.05) is 41.9 Å². The van der Waals surface area contributed by atoms with Gasteiger partial charge in [0.2, 0.25) is 6.04 Å². The van der Waals surface area contributed by atoms with Gasteiger partial charge in [0, 0.05) is 14.8 Å². The number of fused-ring (bicyclic) bond motifs is 1. The van der Waals surface area contributed by atoms with Crippen LogP contribution in [0.2, 0.25) is 5.02 Å². The van der Waals surface area contributed by atoms with Crippen LogP contribution in [0.4, 0.5) is 0 Å². The molecule has 0 saturated carbocycles. The van der Waals surface area contributed by atoms with Crippen molar-refractivity contribution in [3.8, 4) is 0 Å². The lowest BCUT2D eigenvalue weighted by Gasteiger charge is -2.33. The van der Waals surface area contributed by atoms with E-state index in [4.69, 9.17) is 16.3 Å². The molecular formula is C19H18ClNO4S. The quantitative estimate of drug-likeness (QED) is 0.413. The number of hydrogen-bond acceptors (Lipinski definition) is 5. The highest BCUT2D eigenvalue weighted by Gasteiger charge is 2.47. The van der Waals surface area contributed by atoms with Crippen LogP contribution in [0, 0.1) is 10.1 Å². The minimum Gasteiger partial charge on any atom is -0.466 e. The molecule has 0 saturated heterocycles. The van der Waals surface area contributed by atoms with Gasteiger partial charge in [0.15, 0.2) is 0 Å². The summed E-state index contributed by atoms with van der Waals surface area (Å²) in [6.07, 6.45) is -0.0127. The second kappa shape index (κ2) is 8.10. The van der Waals surface area contributed by atoms with Crippen LogP contribution in [0.5, 0.6) is 0 Å². The molecule has 26 heavy (non-hydrogen) atoms. The monoisotopic (exact) mass is 391 g/mol. The largest absolute Gasteiger partial charge is 0.466 e. The normalized spacial score (nSPS) is 21.7. The van der Waals surface area contributed by atoms with Gasteiger partial charge in [-0.15, -0.1) is 11.8 Å². The summed E-state index contributed by atoms with van der Waals surface area (Å²) in [5, 5.41) is 12.2. The summed E-state index contributed by atoms with van der Waals surface area (Å²) < 4.78 is 5.06. The summed E-state index contributed by atoms with van der Waals surface area (Å²) in [4.78, 5) is 24.8. The number of hydrogen-bond donors (Lipinski definition) is 0. The molecule has 2 aromatic carbocycles. The van der Waals surface area contributed by atoms with E-state index in [1.165, 1.54) is 11.8 Å². The van der Waals surface area contributed by atoms with Gasteiger partial charge in [0.05, 0.1) is 18.9 Å². The van der Waals surface area contributed by atoms with E-state index in [1.54, 1.807) is 19.1 Å². The Morgan fingerprint density at radius 1 is 1.23 bits per heavy atom. The number of nitro groups is 1. The van der Waals surface area contributed by atoms with Crippen LogP contribution in [-0.2, 0) is 9.53 Å². The molecule has 0 spiro atoms. The summed E-state index contributed by atoms with van der Waals surface area (Å²) in [5.74, 6) is -0.955. The first-order valence-electron chi connectivity index (χ1n) is 8.31. The molecule has 0 aliphatic carbocycles. The van der Waals surface area contributed by atoms with Crippen molar-refractivity contribution in [1.82, 2.24) is 0 Å². The highest BCUT2D eigenvalue weighted by Crippen LogP contribution is 2.51. The van der Waals surface area contributed by atoms with Gasteiger partial charge in [-0.3, -0.25) is 14.9 Å². The third-order valence-corrected chi connectivity index (χ3v) is 6.11. The average Bonchev–Trinajstić information content (AvgIpc) is 2.62. The SMILES string of the molecule is CCOC(=O)C[C@H]1c2ccccc2S[C@H](c2ccc(Cl)cc2)[C@H]1[N+](=O)[O-]. The average molecular weight is 392 g/mol. The molecule has 0 aromatic heterocycles. The lowest BCUT2D eigenvalue weighted by atomic mass is 9.84. The Hall–Kier alpha value is -2.05. The molecule has 1 heterocycles. The zero-order valence-corrected chi connectivity index (χ0v) is 15.7. The predicted molar refractivity (Wildman–Crippen MR) is 101 cm³/mol. The summed E-state index contributed by atoms with van der Waals surface area (Å²) >= 11 is 7.42. The van der Waals surface area contributed by atoms with Crippen LogP contribution in [0.15, 0.2) is 53.4 Å². The molecule has 0 amide bonds. The predicted octanol–water partition coefficient (Wildman–Crippen LogP) is 4.87. The number of carbonyl (C=O) groups is 1. The zero-order chi connectivity index (χ0) is 18.7. The third-order valence-electron chi connectivity index (χ3n) is 4.43. The van der Waals surface area contributed by atoms with Gasteiger partial charge < -0.3 is 4.74 Å². The molecule has 0 N–H and O–H groups in total. The molecule has 0 unspecified atom stereocenters. The summed E-state index contributed by atoms with van der Waals surface area (Å²) in [6, 6.07) is 13.7. The third kappa shape index (κ3) is 3.86. The standard InChI is InChI=1S/C19H18ClNO4S/c1-2-25-17(22)11-15-14-5-3-4-6-16(14)26-19(18(15)21(23)24)12-7-9-13(20)10-8-12/h3-10,15,18-19H,2,11H2,1H3/t15-,18-,19+/m0/s1. The van der Waals surface area contributed by atoms with Crippen LogP contribution in [0.3, 0.4) is 0 Å². The lowest BCUT2D eigenvalue weighted by molar-refractivity contribution is -0.527. The molecule has 1 aliphatic heterocycles. The summed E-state index contributed by atoms with van der Waals surface area (Å²) in [6.45, 7) is 1.98. The minimum absolute atomic E-state index is 0.0127. The number of esters is 1. The maximum atomic E-state index is 12.1. The zero-order valence-electron chi connectivity index (χ0n) is 14.1. The fourth-order valence-corrected chi connectivity index (χ4v) is 4.93. The first kappa shape index (κ1) is 18.7. The Bertz CT molecular complexity index is 811. The van der Waals surface area contributed by atoms with Crippen LogP contribution in [-0.4, -0.2) is 23.5 Å². The molecular weight excluding hydrogens is 374 g/mol. The van der Waals surface area contributed by atoms with Gasteiger partial charge in [0.25, 0.3) is 0 Å². The van der Waals surface area contributed by atoms with Crippen molar-refractivity contribution in [2.45, 2.75) is 35.4 Å². The molecule has 0 fully saturated rings. The van der Waals surface area contributed by atoms with Crippen molar-refractivity contribution in [3.63, 3.8) is 0 Å². The van der Waals surface area contributed by atoms with Crippen molar-refractivity contribution in [3.05, 3.63) is 74.8 Å². The number of benzene rings is 2. The van der Waals surface area contributed by atoms with E-state index in [2.05, 4.69) is 0 Å². The van der Waals surface area contributed by atoms with E-state index >= 15 is 0 Å². The van der Waals surface area contributed by atoms with Gasteiger partial charge >= 0.3 is 5.97 Å². The summed E-state index contributed by atoms with van der Waals surface area (Å²) in [7, 11) is 0. The highest BCUT2D eigenvalue weighted by atomic mass is 35.5. The minimum atomic E-state index is -0.930. The number of nitrogens with zero attached hydrogens (tertiary/aromatic N) is 1. The maximum Gasteiger partial charge on any atom is 0.306 e. The Morgan fingerprint density at radius 2 is 1.92 bits per heavy atom. The van der Waals surface area contributed by atoms with E-state index in [1.807, 2.05) is 36.4 Å². The Morgan fingerprint density at radius 3 is 2.58 bits per heavy atom. The Balaban J connectivity index is 2.05. The van der Waals surface area contributed by atoms with Gasteiger partial charge in [-0.05, 0) is 36.2 Å². The lowest BCUT2D eigenvalue weighted by Crippen LogP contribution is -2.37. The van der Waals surface area contributed by atoms with E-state index in [9.17, 15) is 14.9 Å². The van der Waals surface area contributed by atoms with Crippen LogP contribution >= 0.6 is 23.4 Å². The fourth-order valence-electron chi connectivity index (χ4n) is 3.30. The van der Waals surface area contributed by atoms with E-state index in [0.29, 0.717) is 5.02 Å². The van der Waals surface area contributed by atoms with Gasteiger partial charge in [0.1, 0.15) is 5.25 Å². The fraction of sp³-hybridized carbons (Fsp3) is 0.316.